The Bertz CT molecular complexity index is 387. The van der Waals surface area contributed by atoms with Gasteiger partial charge in [-0.15, -0.1) is 0 Å². The van der Waals surface area contributed by atoms with Crippen LogP contribution < -0.4 is 5.73 Å². The van der Waals surface area contributed by atoms with Gasteiger partial charge in [0.1, 0.15) is 5.78 Å². The summed E-state index contributed by atoms with van der Waals surface area (Å²) in [6, 6.07) is 8.84. The van der Waals surface area contributed by atoms with Crippen LogP contribution in [0.1, 0.15) is 23.7 Å². The highest BCUT2D eigenvalue weighted by atomic mass is 16.4. The number of carboxylic acids is 1. The minimum atomic E-state index is -0.968. The van der Waals surface area contributed by atoms with Crippen molar-refractivity contribution in [3.8, 4) is 0 Å². The summed E-state index contributed by atoms with van der Waals surface area (Å²) in [5.74, 6) is -1.17. The fourth-order valence-corrected chi connectivity index (χ4v) is 0.952. The summed E-state index contributed by atoms with van der Waals surface area (Å²) >= 11 is 0. The van der Waals surface area contributed by atoms with Crippen molar-refractivity contribution in [1.82, 2.24) is 0 Å². The van der Waals surface area contributed by atoms with E-state index in [1.54, 1.807) is 24.3 Å². The van der Waals surface area contributed by atoms with E-state index in [0.717, 1.165) is 0 Å². The lowest BCUT2D eigenvalue weighted by atomic mass is 10.1. The molecule has 0 heterocycles. The quantitative estimate of drug-likeness (QED) is 0.598. The van der Waals surface area contributed by atoms with E-state index in [0.29, 0.717) is 5.56 Å². The Balaban J connectivity index is 0.000000437. The summed E-state index contributed by atoms with van der Waals surface area (Å²) in [4.78, 5) is 31.1. The van der Waals surface area contributed by atoms with Gasteiger partial charge in [-0.2, -0.15) is 0 Å². The van der Waals surface area contributed by atoms with Crippen LogP contribution in [0, 0.1) is 0 Å². The van der Waals surface area contributed by atoms with E-state index in [4.69, 9.17) is 5.11 Å². The second-order valence-corrected chi connectivity index (χ2v) is 3.27. The Morgan fingerprint density at radius 2 is 1.65 bits per heavy atom. The van der Waals surface area contributed by atoms with Gasteiger partial charge < -0.3 is 10.8 Å². The first-order valence-electron chi connectivity index (χ1n) is 4.97. The third kappa shape index (κ3) is 7.87. The normalized spacial score (nSPS) is 8.82. The monoisotopic (exact) mass is 237 g/mol. The Labute approximate surface area is 99.2 Å². The van der Waals surface area contributed by atoms with Crippen LogP contribution in [0.25, 0.3) is 0 Å². The molecular weight excluding hydrogens is 222 g/mol. The van der Waals surface area contributed by atoms with E-state index in [1.165, 1.54) is 6.92 Å². The Kier molecular flexibility index (Phi) is 7.21. The number of carboxylic acid groups (broad SMARTS) is 1. The fraction of sp³-hybridized carbons (Fsp3) is 0.250. The number of nitrogens with two attached hydrogens (primary N) is 1. The third-order valence-electron chi connectivity index (χ3n) is 1.68. The first-order valence-corrected chi connectivity index (χ1v) is 4.97. The van der Waals surface area contributed by atoms with Gasteiger partial charge in [-0.05, 0) is 6.92 Å². The summed E-state index contributed by atoms with van der Waals surface area (Å²) in [5, 5.41) is 7.60. The van der Waals surface area contributed by atoms with Gasteiger partial charge in [0.25, 0.3) is 0 Å². The fourth-order valence-electron chi connectivity index (χ4n) is 0.952. The second kappa shape index (κ2) is 8.18. The van der Waals surface area contributed by atoms with Gasteiger partial charge in [0.15, 0.2) is 5.78 Å². The molecule has 0 saturated carbocycles. The summed E-state index contributed by atoms with van der Waals surface area (Å²) in [7, 11) is 0. The number of Topliss-reactive ketones (excluding diaryl/α,β-unsaturated/α-hetero) is 2. The van der Waals surface area contributed by atoms with Crippen molar-refractivity contribution in [2.45, 2.75) is 13.3 Å². The molecule has 1 aromatic carbocycles. The Morgan fingerprint density at radius 1 is 1.18 bits per heavy atom. The highest BCUT2D eigenvalue weighted by Crippen LogP contribution is 2.02. The molecule has 1 aromatic rings. The predicted octanol–water partition coefficient (Wildman–Crippen LogP) is 0.878. The lowest BCUT2D eigenvalue weighted by Gasteiger charge is -1.95. The average molecular weight is 237 g/mol. The molecule has 1 rings (SSSR count). The number of hydrogen-bond acceptors (Lipinski definition) is 4. The van der Waals surface area contributed by atoms with E-state index in [9.17, 15) is 14.4 Å². The molecule has 0 unspecified atom stereocenters. The van der Waals surface area contributed by atoms with Gasteiger partial charge in [-0.3, -0.25) is 14.4 Å². The molecule has 3 N–H and O–H groups in total. The van der Waals surface area contributed by atoms with Crippen molar-refractivity contribution in [3.05, 3.63) is 35.9 Å². The minimum absolute atomic E-state index is 0.00398. The van der Waals surface area contributed by atoms with Crippen molar-refractivity contribution < 1.29 is 19.5 Å². The van der Waals surface area contributed by atoms with Gasteiger partial charge in [-0.25, -0.2) is 0 Å². The van der Waals surface area contributed by atoms with Crippen LogP contribution in [0.5, 0.6) is 0 Å². The van der Waals surface area contributed by atoms with Crippen LogP contribution in [0.15, 0.2) is 30.3 Å². The first-order chi connectivity index (χ1) is 7.97. The van der Waals surface area contributed by atoms with E-state index in [2.05, 4.69) is 5.73 Å². The number of carbonyl (C=O) groups is 3. The van der Waals surface area contributed by atoms with Crippen LogP contribution in [-0.2, 0) is 9.59 Å². The molecule has 0 bridgehead atoms. The Morgan fingerprint density at radius 3 is 2.00 bits per heavy atom. The molecule has 0 aromatic heterocycles. The zero-order valence-corrected chi connectivity index (χ0v) is 9.55. The van der Waals surface area contributed by atoms with Crippen molar-refractivity contribution in [2.75, 3.05) is 6.54 Å². The topological polar surface area (TPSA) is 97.5 Å². The van der Waals surface area contributed by atoms with Crippen LogP contribution in [0.3, 0.4) is 0 Å². The van der Waals surface area contributed by atoms with Crippen LogP contribution in [-0.4, -0.2) is 29.2 Å². The highest BCUT2D eigenvalue weighted by molar-refractivity contribution is 6.07. The lowest BCUT2D eigenvalue weighted by Crippen LogP contribution is -2.10. The van der Waals surface area contributed by atoms with Crippen molar-refractivity contribution in [1.29, 1.82) is 0 Å². The zero-order chi connectivity index (χ0) is 13.3. The van der Waals surface area contributed by atoms with E-state index >= 15 is 0 Å². The minimum Gasteiger partial charge on any atom is -0.480 e. The maximum absolute atomic E-state index is 11.2. The zero-order valence-electron chi connectivity index (χ0n) is 9.55. The number of ketones is 2. The number of aliphatic carboxylic acids is 1. The SMILES string of the molecule is CC(=O)CC(=O)c1ccccc1.NCC(=O)O. The molecule has 92 valence electrons. The van der Waals surface area contributed by atoms with Crippen molar-refractivity contribution in [2.24, 2.45) is 5.73 Å². The molecule has 0 radical (unpaired) electrons. The maximum Gasteiger partial charge on any atom is 0.317 e. The number of benzene rings is 1. The molecule has 0 spiro atoms. The maximum atomic E-state index is 11.2. The molecule has 5 heteroatoms. The second-order valence-electron chi connectivity index (χ2n) is 3.27. The molecule has 0 atom stereocenters. The van der Waals surface area contributed by atoms with Gasteiger partial charge in [0, 0.05) is 5.56 Å². The average Bonchev–Trinajstić information content (AvgIpc) is 2.30. The summed E-state index contributed by atoms with van der Waals surface area (Å²) in [6.45, 7) is 1.14. The summed E-state index contributed by atoms with van der Waals surface area (Å²) in [5.41, 5.74) is 5.18. The Hall–Kier alpha value is -2.01. The van der Waals surface area contributed by atoms with Crippen molar-refractivity contribution >= 4 is 17.5 Å². The molecule has 0 aliphatic rings. The van der Waals surface area contributed by atoms with Crippen LogP contribution in [0.4, 0.5) is 0 Å². The third-order valence-corrected chi connectivity index (χ3v) is 1.68. The lowest BCUT2D eigenvalue weighted by molar-refractivity contribution is -0.135. The number of carbonyl (C=O) groups excluding carboxylic acids is 2. The molecular formula is C12H15NO4. The van der Waals surface area contributed by atoms with Crippen LogP contribution in [0.2, 0.25) is 0 Å². The summed E-state index contributed by atoms with van der Waals surface area (Å²) in [6.07, 6.45) is 0.00398. The standard InChI is InChI=1S/C10H10O2.C2H5NO2/c1-8(11)7-10(12)9-5-3-2-4-6-9;3-1-2(4)5/h2-6H,7H2,1H3;1,3H2,(H,4,5). The molecule has 5 nitrogen and oxygen atoms in total. The van der Waals surface area contributed by atoms with E-state index in [-0.39, 0.29) is 24.5 Å². The van der Waals surface area contributed by atoms with Gasteiger partial charge in [-0.1, -0.05) is 30.3 Å². The molecule has 17 heavy (non-hydrogen) atoms. The molecule has 0 fully saturated rings. The number of hydrogen-bond donors (Lipinski definition) is 2. The molecule has 0 aliphatic carbocycles. The van der Waals surface area contributed by atoms with Gasteiger partial charge in [0.05, 0.1) is 13.0 Å². The van der Waals surface area contributed by atoms with Gasteiger partial charge >= 0.3 is 5.97 Å². The molecule has 0 amide bonds. The number of rotatable bonds is 4. The smallest absolute Gasteiger partial charge is 0.317 e. The highest BCUT2D eigenvalue weighted by Gasteiger charge is 2.06. The predicted molar refractivity (Wildman–Crippen MR) is 62.8 cm³/mol. The summed E-state index contributed by atoms with van der Waals surface area (Å²) < 4.78 is 0. The molecule has 0 saturated heterocycles. The van der Waals surface area contributed by atoms with E-state index in [1.807, 2.05) is 6.07 Å². The van der Waals surface area contributed by atoms with Gasteiger partial charge in [0.2, 0.25) is 0 Å². The van der Waals surface area contributed by atoms with Crippen LogP contribution >= 0.6 is 0 Å². The van der Waals surface area contributed by atoms with E-state index < -0.39 is 5.97 Å². The largest absolute Gasteiger partial charge is 0.480 e. The molecule has 0 aliphatic heterocycles. The first kappa shape index (κ1) is 15.0. The van der Waals surface area contributed by atoms with Crippen molar-refractivity contribution in [3.63, 3.8) is 0 Å².